The molecule has 2 rings (SSSR count). The van der Waals surface area contributed by atoms with E-state index >= 15 is 0 Å². The van der Waals surface area contributed by atoms with Crippen molar-refractivity contribution in [1.82, 2.24) is 5.32 Å². The molecule has 1 N–H and O–H groups in total. The van der Waals surface area contributed by atoms with Crippen LogP contribution in [0.5, 0.6) is 0 Å². The average Bonchev–Trinajstić information content (AvgIpc) is 3.04. The number of hydrogen-bond donors (Lipinski definition) is 1. The van der Waals surface area contributed by atoms with E-state index in [-0.39, 0.29) is 0 Å². The summed E-state index contributed by atoms with van der Waals surface area (Å²) in [6.45, 7) is 5.98. The van der Waals surface area contributed by atoms with Gasteiger partial charge in [0.25, 0.3) is 0 Å². The van der Waals surface area contributed by atoms with Gasteiger partial charge in [-0.3, -0.25) is 0 Å². The van der Waals surface area contributed by atoms with E-state index in [1.807, 2.05) is 0 Å². The Morgan fingerprint density at radius 1 is 0.947 bits per heavy atom. The van der Waals surface area contributed by atoms with E-state index in [4.69, 9.17) is 0 Å². The lowest BCUT2D eigenvalue weighted by atomic mass is 9.84. The molecule has 4 unspecified atom stereocenters. The zero-order chi connectivity index (χ0) is 13.5. The fraction of sp³-hybridized carbons (Fsp3) is 1.00. The topological polar surface area (TPSA) is 12.0 Å². The highest BCUT2D eigenvalue weighted by Crippen LogP contribution is 2.49. The van der Waals surface area contributed by atoms with Gasteiger partial charge >= 0.3 is 0 Å². The first-order valence-corrected chi connectivity index (χ1v) is 9.04. The van der Waals surface area contributed by atoms with Crippen LogP contribution < -0.4 is 5.32 Å². The predicted octanol–water partition coefficient (Wildman–Crippen LogP) is 5.15. The maximum absolute atomic E-state index is 3.81. The van der Waals surface area contributed by atoms with Gasteiger partial charge in [0.1, 0.15) is 0 Å². The molecule has 19 heavy (non-hydrogen) atoms. The Kier molecular flexibility index (Phi) is 6.70. The molecule has 2 saturated carbocycles. The Labute approximate surface area is 120 Å². The smallest absolute Gasteiger partial charge is 0.00697 e. The minimum absolute atomic E-state index is 0.774. The summed E-state index contributed by atoms with van der Waals surface area (Å²) in [4.78, 5) is 0. The fourth-order valence-electron chi connectivity index (χ4n) is 4.47. The van der Waals surface area contributed by atoms with E-state index in [0.717, 1.165) is 23.8 Å². The summed E-state index contributed by atoms with van der Waals surface area (Å²) < 4.78 is 0. The van der Waals surface area contributed by atoms with Gasteiger partial charge in [0, 0.05) is 6.04 Å². The van der Waals surface area contributed by atoms with Crippen molar-refractivity contribution >= 4 is 0 Å². The Hall–Kier alpha value is -0.0400. The Morgan fingerprint density at radius 3 is 2.32 bits per heavy atom. The van der Waals surface area contributed by atoms with Crippen LogP contribution in [-0.2, 0) is 0 Å². The fourth-order valence-corrected chi connectivity index (χ4v) is 4.47. The van der Waals surface area contributed by atoms with Crippen molar-refractivity contribution in [3.05, 3.63) is 0 Å². The van der Waals surface area contributed by atoms with E-state index in [1.54, 1.807) is 6.42 Å². The minimum atomic E-state index is 0.774. The Balaban J connectivity index is 1.45. The summed E-state index contributed by atoms with van der Waals surface area (Å²) in [6, 6.07) is 0.774. The van der Waals surface area contributed by atoms with Crippen LogP contribution in [0.2, 0.25) is 0 Å². The van der Waals surface area contributed by atoms with Gasteiger partial charge in [-0.15, -0.1) is 0 Å². The van der Waals surface area contributed by atoms with Crippen molar-refractivity contribution in [2.24, 2.45) is 17.8 Å². The van der Waals surface area contributed by atoms with Crippen LogP contribution in [0.3, 0.4) is 0 Å². The first kappa shape index (κ1) is 15.4. The maximum Gasteiger partial charge on any atom is 0.00697 e. The normalized spacial score (nSPS) is 30.9. The molecule has 0 heterocycles. The van der Waals surface area contributed by atoms with Crippen molar-refractivity contribution in [1.29, 1.82) is 0 Å². The van der Waals surface area contributed by atoms with Crippen LogP contribution in [-0.4, -0.2) is 12.6 Å². The van der Waals surface area contributed by atoms with Gasteiger partial charge in [-0.1, -0.05) is 51.9 Å². The molecule has 0 aromatic carbocycles. The van der Waals surface area contributed by atoms with Crippen molar-refractivity contribution < 1.29 is 0 Å². The molecule has 0 amide bonds. The second-order valence-corrected chi connectivity index (χ2v) is 7.20. The number of rotatable bonds is 10. The summed E-state index contributed by atoms with van der Waals surface area (Å²) in [6.07, 6.45) is 16.1. The third kappa shape index (κ3) is 4.77. The molecule has 0 aromatic rings. The highest BCUT2D eigenvalue weighted by Gasteiger charge is 2.41. The van der Waals surface area contributed by atoms with Crippen LogP contribution in [0.15, 0.2) is 0 Å². The van der Waals surface area contributed by atoms with Gasteiger partial charge in [-0.25, -0.2) is 0 Å². The molecule has 0 aliphatic heterocycles. The summed E-state index contributed by atoms with van der Waals surface area (Å²) in [5.74, 6) is 3.17. The van der Waals surface area contributed by atoms with Crippen molar-refractivity contribution in [3.8, 4) is 0 Å². The van der Waals surface area contributed by atoms with Crippen molar-refractivity contribution in [2.45, 2.75) is 90.5 Å². The highest BCUT2D eigenvalue weighted by molar-refractivity contribution is 4.93. The Bertz CT molecular complexity index is 238. The first-order chi connectivity index (χ1) is 9.31. The first-order valence-electron chi connectivity index (χ1n) is 9.04. The van der Waals surface area contributed by atoms with Crippen LogP contribution in [0.1, 0.15) is 84.5 Å². The van der Waals surface area contributed by atoms with Gasteiger partial charge in [0.2, 0.25) is 0 Å². The van der Waals surface area contributed by atoms with Gasteiger partial charge < -0.3 is 5.32 Å². The third-order valence-corrected chi connectivity index (χ3v) is 5.68. The van der Waals surface area contributed by atoms with Crippen molar-refractivity contribution in [2.75, 3.05) is 6.54 Å². The van der Waals surface area contributed by atoms with Crippen LogP contribution in [0.25, 0.3) is 0 Å². The molecule has 4 atom stereocenters. The summed E-state index contributed by atoms with van der Waals surface area (Å²) in [7, 11) is 0. The number of hydrogen-bond acceptors (Lipinski definition) is 1. The van der Waals surface area contributed by atoms with Gasteiger partial charge in [0.15, 0.2) is 0 Å². The molecule has 2 bridgehead atoms. The third-order valence-electron chi connectivity index (χ3n) is 5.68. The second kappa shape index (κ2) is 8.29. The molecule has 0 spiro atoms. The monoisotopic (exact) mass is 265 g/mol. The molecule has 1 heteroatoms. The van der Waals surface area contributed by atoms with Gasteiger partial charge in [0.05, 0.1) is 0 Å². The molecule has 2 aliphatic rings. The Morgan fingerprint density at radius 2 is 1.68 bits per heavy atom. The number of unbranched alkanes of at least 4 members (excludes halogenated alkanes) is 6. The molecule has 2 fully saturated rings. The van der Waals surface area contributed by atoms with Crippen LogP contribution in [0, 0.1) is 17.8 Å². The maximum atomic E-state index is 3.81. The molecular formula is C18H35N. The lowest BCUT2D eigenvalue weighted by Gasteiger charge is -2.28. The standard InChI is InChI=1S/C18H35N/c1-3-4-5-6-7-8-9-12-19-15(2)18-14-16-10-11-17(18)13-16/h15-19H,3-14H2,1-2H3. The predicted molar refractivity (Wildman–Crippen MR) is 84.4 cm³/mol. The molecule has 0 radical (unpaired) electrons. The van der Waals surface area contributed by atoms with E-state index in [1.165, 1.54) is 70.8 Å². The molecular weight excluding hydrogens is 230 g/mol. The second-order valence-electron chi connectivity index (χ2n) is 7.20. The molecule has 0 aromatic heterocycles. The van der Waals surface area contributed by atoms with E-state index in [2.05, 4.69) is 19.2 Å². The largest absolute Gasteiger partial charge is 0.314 e. The van der Waals surface area contributed by atoms with Gasteiger partial charge in [-0.05, 0) is 56.9 Å². The molecule has 112 valence electrons. The van der Waals surface area contributed by atoms with Crippen LogP contribution >= 0.6 is 0 Å². The highest BCUT2D eigenvalue weighted by atomic mass is 14.9. The lowest BCUT2D eigenvalue weighted by Crippen LogP contribution is -2.36. The quantitative estimate of drug-likeness (QED) is 0.539. The minimum Gasteiger partial charge on any atom is -0.314 e. The molecule has 2 aliphatic carbocycles. The van der Waals surface area contributed by atoms with E-state index in [0.29, 0.717) is 0 Å². The SMILES string of the molecule is CCCCCCCCCNC(C)C1CC2CCC1C2. The number of nitrogens with one attached hydrogen (secondary N) is 1. The molecule has 1 nitrogen and oxygen atoms in total. The van der Waals surface area contributed by atoms with E-state index in [9.17, 15) is 0 Å². The number of fused-ring (bicyclic) bond motifs is 2. The van der Waals surface area contributed by atoms with Gasteiger partial charge in [-0.2, -0.15) is 0 Å². The summed E-state index contributed by atoms with van der Waals surface area (Å²) >= 11 is 0. The van der Waals surface area contributed by atoms with Crippen molar-refractivity contribution in [3.63, 3.8) is 0 Å². The van der Waals surface area contributed by atoms with E-state index < -0.39 is 0 Å². The lowest BCUT2D eigenvalue weighted by molar-refractivity contribution is 0.260. The zero-order valence-corrected chi connectivity index (χ0v) is 13.3. The summed E-state index contributed by atoms with van der Waals surface area (Å²) in [5.41, 5.74) is 0. The average molecular weight is 265 g/mol. The van der Waals surface area contributed by atoms with Crippen LogP contribution in [0.4, 0.5) is 0 Å². The molecule has 0 saturated heterocycles. The summed E-state index contributed by atoms with van der Waals surface area (Å²) in [5, 5.41) is 3.81. The zero-order valence-electron chi connectivity index (χ0n) is 13.3.